The van der Waals surface area contributed by atoms with Crippen LogP contribution in [0.5, 0.6) is 5.75 Å². The maximum absolute atomic E-state index is 13.8. The average molecular weight is 359 g/mol. The lowest BCUT2D eigenvalue weighted by atomic mass is 10.1. The number of aryl methyl sites for hydroxylation is 1. The van der Waals surface area contributed by atoms with Crippen molar-refractivity contribution in [3.05, 3.63) is 58.4 Å². The molecule has 0 bridgehead atoms. The molecule has 0 saturated heterocycles. The number of carbonyl (C=O) groups is 2. The van der Waals surface area contributed by atoms with Gasteiger partial charge in [-0.2, -0.15) is 0 Å². The average Bonchev–Trinajstić information content (AvgIpc) is 2.60. The van der Waals surface area contributed by atoms with Gasteiger partial charge in [0.25, 0.3) is 0 Å². The van der Waals surface area contributed by atoms with E-state index in [4.69, 9.17) is 14.2 Å². The minimum atomic E-state index is -0.623. The van der Waals surface area contributed by atoms with Crippen molar-refractivity contribution in [2.75, 3.05) is 12.1 Å². The van der Waals surface area contributed by atoms with Crippen LogP contribution in [0.1, 0.15) is 34.0 Å². The second-order valence-electron chi connectivity index (χ2n) is 5.92. The molecule has 1 amide bonds. The zero-order valence-corrected chi connectivity index (χ0v) is 14.4. The Kier molecular flexibility index (Phi) is 5.18. The first kappa shape index (κ1) is 17.9. The van der Waals surface area contributed by atoms with Crippen molar-refractivity contribution >= 4 is 17.6 Å². The molecule has 0 atom stereocenters. The molecule has 0 aromatic heterocycles. The van der Waals surface area contributed by atoms with Crippen molar-refractivity contribution in [1.82, 2.24) is 0 Å². The Labute approximate surface area is 149 Å². The summed E-state index contributed by atoms with van der Waals surface area (Å²) in [5.41, 5.74) is 2.35. The van der Waals surface area contributed by atoms with Crippen molar-refractivity contribution in [3.8, 4) is 5.75 Å². The largest absolute Gasteiger partial charge is 0.467 e. The number of esters is 1. The van der Waals surface area contributed by atoms with Crippen molar-refractivity contribution in [1.29, 1.82) is 0 Å². The van der Waals surface area contributed by atoms with Crippen LogP contribution in [-0.4, -0.2) is 18.7 Å². The highest BCUT2D eigenvalue weighted by molar-refractivity contribution is 6.01. The third-order valence-corrected chi connectivity index (χ3v) is 3.90. The number of rotatable bonds is 4. The number of halogens is 1. The van der Waals surface area contributed by atoms with Crippen molar-refractivity contribution in [2.45, 2.75) is 27.1 Å². The zero-order chi connectivity index (χ0) is 18.7. The number of nitrogens with one attached hydrogen (secondary N) is 1. The van der Waals surface area contributed by atoms with Gasteiger partial charge in [0.05, 0.1) is 17.9 Å². The third kappa shape index (κ3) is 3.83. The number of fused-ring (bicyclic) bond motifs is 1. The summed E-state index contributed by atoms with van der Waals surface area (Å²) >= 11 is 0. The summed E-state index contributed by atoms with van der Waals surface area (Å²) in [6.45, 7) is 3.27. The van der Waals surface area contributed by atoms with Gasteiger partial charge in [-0.15, -0.1) is 0 Å². The fraction of sp³-hybridized carbons (Fsp3) is 0.263. The highest BCUT2D eigenvalue weighted by Crippen LogP contribution is 2.30. The van der Waals surface area contributed by atoms with Gasteiger partial charge in [0.2, 0.25) is 5.91 Å². The van der Waals surface area contributed by atoms with Crippen LogP contribution in [0.4, 0.5) is 10.1 Å². The van der Waals surface area contributed by atoms with Gasteiger partial charge in [-0.1, -0.05) is 12.1 Å². The molecule has 1 N–H and O–H groups in total. The van der Waals surface area contributed by atoms with E-state index in [0.29, 0.717) is 22.6 Å². The number of ether oxygens (including phenoxy) is 3. The lowest BCUT2D eigenvalue weighted by molar-refractivity contribution is -0.114. The van der Waals surface area contributed by atoms with E-state index >= 15 is 0 Å². The van der Waals surface area contributed by atoms with Crippen LogP contribution in [0.25, 0.3) is 0 Å². The molecule has 136 valence electrons. The highest BCUT2D eigenvalue weighted by Gasteiger charge is 2.20. The monoisotopic (exact) mass is 359 g/mol. The standard InChI is InChI=1S/C19H18FNO5/c1-11-4-3-5-16(17(11)21-12(2)22)19(23)25-9-14-7-15(20)6-13-8-24-10-26-18(13)14/h3-7H,8-10H2,1-2H3,(H,21,22). The molecule has 1 aliphatic rings. The maximum atomic E-state index is 13.8. The minimum absolute atomic E-state index is 0.0597. The van der Waals surface area contributed by atoms with E-state index in [9.17, 15) is 14.0 Å². The van der Waals surface area contributed by atoms with Crippen LogP contribution < -0.4 is 10.1 Å². The van der Waals surface area contributed by atoms with E-state index in [-0.39, 0.29) is 31.5 Å². The summed E-state index contributed by atoms with van der Waals surface area (Å²) in [4.78, 5) is 23.9. The predicted molar refractivity (Wildman–Crippen MR) is 91.3 cm³/mol. The van der Waals surface area contributed by atoms with Crippen molar-refractivity contribution in [3.63, 3.8) is 0 Å². The Balaban J connectivity index is 1.81. The van der Waals surface area contributed by atoms with Gasteiger partial charge in [0, 0.05) is 18.1 Å². The highest BCUT2D eigenvalue weighted by atomic mass is 19.1. The number of para-hydroxylation sites is 1. The minimum Gasteiger partial charge on any atom is -0.467 e. The molecule has 3 rings (SSSR count). The number of amides is 1. The Bertz CT molecular complexity index is 865. The van der Waals surface area contributed by atoms with Gasteiger partial charge >= 0.3 is 5.97 Å². The second-order valence-corrected chi connectivity index (χ2v) is 5.92. The summed E-state index contributed by atoms with van der Waals surface area (Å²) in [6.07, 6.45) is 0. The second kappa shape index (κ2) is 7.53. The number of carbonyl (C=O) groups excluding carboxylic acids is 2. The SMILES string of the molecule is CC(=O)Nc1c(C)cccc1C(=O)OCc1cc(F)cc2c1OCOC2. The molecule has 0 saturated carbocycles. The van der Waals surface area contributed by atoms with E-state index in [1.54, 1.807) is 25.1 Å². The van der Waals surface area contributed by atoms with E-state index in [1.165, 1.54) is 19.1 Å². The van der Waals surface area contributed by atoms with Crippen molar-refractivity contribution < 1.29 is 28.2 Å². The molecule has 0 radical (unpaired) electrons. The third-order valence-electron chi connectivity index (χ3n) is 3.90. The Morgan fingerprint density at radius 1 is 1.31 bits per heavy atom. The first-order valence-electron chi connectivity index (χ1n) is 8.02. The summed E-state index contributed by atoms with van der Waals surface area (Å²) in [7, 11) is 0. The number of hydrogen-bond donors (Lipinski definition) is 1. The smallest absolute Gasteiger partial charge is 0.340 e. The topological polar surface area (TPSA) is 73.9 Å². The van der Waals surface area contributed by atoms with Crippen LogP contribution in [0, 0.1) is 12.7 Å². The van der Waals surface area contributed by atoms with Crippen LogP contribution in [0.2, 0.25) is 0 Å². The van der Waals surface area contributed by atoms with Gasteiger partial charge in [0.15, 0.2) is 6.79 Å². The lowest BCUT2D eigenvalue weighted by Gasteiger charge is -2.21. The number of anilines is 1. The molecule has 0 aliphatic carbocycles. The molecular formula is C19H18FNO5. The first-order chi connectivity index (χ1) is 12.5. The molecule has 0 spiro atoms. The molecule has 2 aromatic rings. The zero-order valence-electron chi connectivity index (χ0n) is 14.4. The van der Waals surface area contributed by atoms with Gasteiger partial charge in [-0.3, -0.25) is 4.79 Å². The lowest BCUT2D eigenvalue weighted by Crippen LogP contribution is -2.16. The number of hydrogen-bond acceptors (Lipinski definition) is 5. The first-order valence-corrected chi connectivity index (χ1v) is 8.02. The van der Waals surface area contributed by atoms with Crippen LogP contribution >= 0.6 is 0 Å². The fourth-order valence-corrected chi connectivity index (χ4v) is 2.76. The van der Waals surface area contributed by atoms with Gasteiger partial charge in [-0.05, 0) is 30.7 Å². The Morgan fingerprint density at radius 3 is 2.88 bits per heavy atom. The number of benzene rings is 2. The van der Waals surface area contributed by atoms with Gasteiger partial charge in [0.1, 0.15) is 18.2 Å². The van der Waals surface area contributed by atoms with Crippen LogP contribution in [0.3, 0.4) is 0 Å². The van der Waals surface area contributed by atoms with Crippen molar-refractivity contribution in [2.24, 2.45) is 0 Å². The van der Waals surface area contributed by atoms with E-state index in [1.807, 2.05) is 0 Å². The molecule has 6 nitrogen and oxygen atoms in total. The molecule has 26 heavy (non-hydrogen) atoms. The quantitative estimate of drug-likeness (QED) is 0.848. The van der Waals surface area contributed by atoms with E-state index < -0.39 is 11.8 Å². The Morgan fingerprint density at radius 2 is 2.12 bits per heavy atom. The van der Waals surface area contributed by atoms with Crippen LogP contribution in [-0.2, 0) is 27.5 Å². The summed E-state index contributed by atoms with van der Waals surface area (Å²) in [6, 6.07) is 7.63. The Hall–Kier alpha value is -2.93. The fourth-order valence-electron chi connectivity index (χ4n) is 2.76. The molecule has 2 aromatic carbocycles. The summed E-state index contributed by atoms with van der Waals surface area (Å²) < 4.78 is 29.6. The summed E-state index contributed by atoms with van der Waals surface area (Å²) in [5.74, 6) is -0.904. The molecular weight excluding hydrogens is 341 g/mol. The molecule has 1 heterocycles. The molecule has 0 unspecified atom stereocenters. The normalized spacial score (nSPS) is 12.7. The molecule has 1 aliphatic heterocycles. The van der Waals surface area contributed by atoms with Gasteiger partial charge < -0.3 is 19.5 Å². The van der Waals surface area contributed by atoms with E-state index in [2.05, 4.69) is 5.32 Å². The van der Waals surface area contributed by atoms with Gasteiger partial charge in [-0.25, -0.2) is 9.18 Å². The van der Waals surface area contributed by atoms with Crippen LogP contribution in [0.15, 0.2) is 30.3 Å². The predicted octanol–water partition coefficient (Wildman–Crippen LogP) is 3.32. The van der Waals surface area contributed by atoms with E-state index in [0.717, 1.165) is 5.56 Å². The molecule has 7 heteroatoms. The maximum Gasteiger partial charge on any atom is 0.340 e. The molecule has 0 fully saturated rings. The summed E-state index contributed by atoms with van der Waals surface area (Å²) in [5, 5.41) is 2.64.